The first-order chi connectivity index (χ1) is 8.97. The van der Waals surface area contributed by atoms with Gasteiger partial charge in [0.25, 0.3) is 0 Å². The topological polar surface area (TPSA) is 78.2 Å². The fourth-order valence-electron chi connectivity index (χ4n) is 1.46. The Morgan fingerprint density at radius 2 is 2.11 bits per heavy atom. The maximum atomic E-state index is 10.9. The van der Waals surface area contributed by atoms with E-state index >= 15 is 0 Å². The Labute approximate surface area is 114 Å². The van der Waals surface area contributed by atoms with Crippen LogP contribution in [-0.2, 0) is 0 Å². The molecule has 6 nitrogen and oxygen atoms in total. The van der Waals surface area contributed by atoms with Crippen molar-refractivity contribution in [2.24, 2.45) is 0 Å². The minimum absolute atomic E-state index is 0.106. The lowest BCUT2D eigenvalue weighted by Crippen LogP contribution is -1.99. The molecular weight excluding hydrogens is 270 g/mol. The predicted octanol–water partition coefficient (Wildman–Crippen LogP) is 3.45. The number of ether oxygens (including phenoxy) is 1. The molecule has 98 valence electrons. The molecule has 0 N–H and O–H groups in total. The van der Waals surface area contributed by atoms with Gasteiger partial charge in [-0.3, -0.25) is 10.1 Å². The Hall–Kier alpha value is -2.21. The molecule has 0 radical (unpaired) electrons. The van der Waals surface area contributed by atoms with E-state index in [1.54, 1.807) is 6.07 Å². The molecular formula is C12H10ClN3O3. The van der Waals surface area contributed by atoms with E-state index in [-0.39, 0.29) is 16.9 Å². The second kappa shape index (κ2) is 5.19. The van der Waals surface area contributed by atoms with Crippen molar-refractivity contribution in [1.82, 2.24) is 9.97 Å². The lowest BCUT2D eigenvalue weighted by molar-refractivity contribution is -0.386. The molecule has 1 heterocycles. The number of benzene rings is 1. The van der Waals surface area contributed by atoms with Crippen LogP contribution in [0.5, 0.6) is 11.6 Å². The van der Waals surface area contributed by atoms with E-state index in [9.17, 15) is 10.1 Å². The Balaban J connectivity index is 2.45. The Bertz CT molecular complexity index is 646. The summed E-state index contributed by atoms with van der Waals surface area (Å²) in [5.41, 5.74) is 1.49. The van der Waals surface area contributed by atoms with E-state index in [1.165, 1.54) is 0 Å². The molecule has 2 rings (SSSR count). The van der Waals surface area contributed by atoms with E-state index in [0.717, 1.165) is 17.3 Å². The van der Waals surface area contributed by atoms with Crippen molar-refractivity contribution in [2.75, 3.05) is 0 Å². The molecule has 0 aliphatic carbocycles. The molecule has 0 fully saturated rings. The normalized spacial score (nSPS) is 10.3. The van der Waals surface area contributed by atoms with Crippen LogP contribution in [-0.4, -0.2) is 14.9 Å². The molecule has 0 saturated heterocycles. The number of hydrogen-bond acceptors (Lipinski definition) is 5. The van der Waals surface area contributed by atoms with Gasteiger partial charge in [0.15, 0.2) is 0 Å². The smallest absolute Gasteiger partial charge is 0.349 e. The van der Waals surface area contributed by atoms with Gasteiger partial charge in [0.1, 0.15) is 11.9 Å². The quantitative estimate of drug-likeness (QED) is 0.488. The summed E-state index contributed by atoms with van der Waals surface area (Å²) in [5.74, 6) is 0.330. The number of aryl methyl sites for hydroxylation is 2. The molecule has 0 spiro atoms. The molecule has 1 aromatic heterocycles. The van der Waals surface area contributed by atoms with Gasteiger partial charge in [-0.2, -0.15) is 4.98 Å². The lowest BCUT2D eigenvalue weighted by atomic mass is 10.1. The highest BCUT2D eigenvalue weighted by Crippen LogP contribution is 2.31. The van der Waals surface area contributed by atoms with Crippen LogP contribution >= 0.6 is 11.6 Å². The molecule has 0 unspecified atom stereocenters. The van der Waals surface area contributed by atoms with E-state index in [4.69, 9.17) is 16.3 Å². The van der Waals surface area contributed by atoms with Gasteiger partial charge in [-0.05, 0) is 42.6 Å². The van der Waals surface area contributed by atoms with Gasteiger partial charge >= 0.3 is 11.6 Å². The standard InChI is InChI=1S/C12H10ClN3O3/c1-7-3-4-8(2)10(5-7)19-11-9(16(17)18)6-14-12(13)15-11/h3-6H,1-2H3. The zero-order chi connectivity index (χ0) is 14.0. The summed E-state index contributed by atoms with van der Waals surface area (Å²) in [6.45, 7) is 3.73. The summed E-state index contributed by atoms with van der Waals surface area (Å²) in [7, 11) is 0. The third-order valence-electron chi connectivity index (χ3n) is 2.45. The number of nitrogens with zero attached hydrogens (tertiary/aromatic N) is 3. The van der Waals surface area contributed by atoms with Crippen LogP contribution in [0.3, 0.4) is 0 Å². The summed E-state index contributed by atoms with van der Waals surface area (Å²) in [6.07, 6.45) is 1.02. The van der Waals surface area contributed by atoms with Gasteiger partial charge < -0.3 is 4.74 Å². The van der Waals surface area contributed by atoms with Crippen LogP contribution in [0.25, 0.3) is 0 Å². The van der Waals surface area contributed by atoms with Crippen LogP contribution in [0.15, 0.2) is 24.4 Å². The van der Waals surface area contributed by atoms with Crippen molar-refractivity contribution in [3.63, 3.8) is 0 Å². The minimum atomic E-state index is -0.614. The number of rotatable bonds is 3. The number of hydrogen-bond donors (Lipinski definition) is 0. The lowest BCUT2D eigenvalue weighted by Gasteiger charge is -2.08. The van der Waals surface area contributed by atoms with Crippen molar-refractivity contribution in [1.29, 1.82) is 0 Å². The molecule has 2 aromatic rings. The van der Waals surface area contributed by atoms with Crippen molar-refractivity contribution in [3.8, 4) is 11.6 Å². The van der Waals surface area contributed by atoms with Crippen LogP contribution in [0, 0.1) is 24.0 Å². The van der Waals surface area contributed by atoms with Crippen LogP contribution < -0.4 is 4.74 Å². The van der Waals surface area contributed by atoms with Gasteiger partial charge in [0.05, 0.1) is 4.92 Å². The van der Waals surface area contributed by atoms with Crippen molar-refractivity contribution >= 4 is 17.3 Å². The third kappa shape index (κ3) is 2.97. The van der Waals surface area contributed by atoms with Gasteiger partial charge in [-0.15, -0.1) is 0 Å². The SMILES string of the molecule is Cc1ccc(C)c(Oc2nc(Cl)ncc2[N+](=O)[O-])c1. The highest BCUT2D eigenvalue weighted by Gasteiger charge is 2.19. The fraction of sp³-hybridized carbons (Fsp3) is 0.167. The summed E-state index contributed by atoms with van der Waals surface area (Å²) >= 11 is 5.63. The van der Waals surface area contributed by atoms with Gasteiger partial charge in [-0.25, -0.2) is 4.98 Å². The summed E-state index contributed by atoms with van der Waals surface area (Å²) in [5, 5.41) is 10.8. The molecule has 7 heteroatoms. The van der Waals surface area contributed by atoms with Crippen molar-refractivity contribution in [3.05, 3.63) is 50.9 Å². The average molecular weight is 280 g/mol. The highest BCUT2D eigenvalue weighted by atomic mass is 35.5. The molecule has 19 heavy (non-hydrogen) atoms. The maximum absolute atomic E-state index is 10.9. The molecule has 0 bridgehead atoms. The van der Waals surface area contributed by atoms with E-state index in [2.05, 4.69) is 9.97 Å². The Morgan fingerprint density at radius 3 is 2.79 bits per heavy atom. The molecule has 0 aliphatic rings. The summed E-state index contributed by atoms with van der Waals surface area (Å²) in [4.78, 5) is 17.6. The van der Waals surface area contributed by atoms with Crippen LogP contribution in [0.4, 0.5) is 5.69 Å². The highest BCUT2D eigenvalue weighted by molar-refractivity contribution is 6.28. The zero-order valence-electron chi connectivity index (χ0n) is 10.3. The third-order valence-corrected chi connectivity index (χ3v) is 2.64. The second-order valence-electron chi connectivity index (χ2n) is 3.96. The predicted molar refractivity (Wildman–Crippen MR) is 69.7 cm³/mol. The Morgan fingerprint density at radius 1 is 1.37 bits per heavy atom. The van der Waals surface area contributed by atoms with E-state index in [0.29, 0.717) is 5.75 Å². The zero-order valence-corrected chi connectivity index (χ0v) is 11.0. The molecule has 0 amide bonds. The minimum Gasteiger partial charge on any atom is -0.433 e. The van der Waals surface area contributed by atoms with Crippen LogP contribution in [0.2, 0.25) is 5.28 Å². The summed E-state index contributed by atoms with van der Waals surface area (Å²) in [6, 6.07) is 5.55. The monoisotopic (exact) mass is 279 g/mol. The van der Waals surface area contributed by atoms with Gasteiger partial charge in [0, 0.05) is 0 Å². The molecule has 0 aliphatic heterocycles. The summed E-state index contributed by atoms with van der Waals surface area (Å²) < 4.78 is 5.49. The maximum Gasteiger partial charge on any atom is 0.349 e. The average Bonchev–Trinajstić information content (AvgIpc) is 2.33. The van der Waals surface area contributed by atoms with Gasteiger partial charge in [0.2, 0.25) is 5.28 Å². The molecule has 0 saturated carbocycles. The van der Waals surface area contributed by atoms with E-state index < -0.39 is 4.92 Å². The van der Waals surface area contributed by atoms with Crippen molar-refractivity contribution in [2.45, 2.75) is 13.8 Å². The fourth-order valence-corrected chi connectivity index (χ4v) is 1.59. The van der Waals surface area contributed by atoms with Gasteiger partial charge in [-0.1, -0.05) is 12.1 Å². The first-order valence-corrected chi connectivity index (χ1v) is 5.77. The number of halogens is 1. The first-order valence-electron chi connectivity index (χ1n) is 5.39. The first kappa shape index (κ1) is 13.2. The Kier molecular flexibility index (Phi) is 3.62. The van der Waals surface area contributed by atoms with Crippen LogP contribution in [0.1, 0.15) is 11.1 Å². The number of nitro groups is 1. The molecule has 1 aromatic carbocycles. The second-order valence-corrected chi connectivity index (χ2v) is 4.30. The van der Waals surface area contributed by atoms with E-state index in [1.807, 2.05) is 26.0 Å². The van der Waals surface area contributed by atoms with Crippen molar-refractivity contribution < 1.29 is 9.66 Å². The largest absolute Gasteiger partial charge is 0.433 e. The number of aromatic nitrogens is 2. The molecule has 0 atom stereocenters.